The van der Waals surface area contributed by atoms with Crippen molar-refractivity contribution in [2.24, 2.45) is 0 Å². The van der Waals surface area contributed by atoms with E-state index in [1.165, 1.54) is 6.07 Å². The van der Waals surface area contributed by atoms with Crippen LogP contribution in [0.25, 0.3) is 0 Å². The lowest BCUT2D eigenvalue weighted by atomic mass is 10.1. The SMILES string of the molecule is O=C(NCC(=O)N1CCOC(c2ccccc2)C1)c1ccc(Cl)c(Cl)c1. The Labute approximate surface area is 161 Å². The normalized spacial score (nSPS) is 17.0. The van der Waals surface area contributed by atoms with Gasteiger partial charge in [-0.1, -0.05) is 53.5 Å². The molecule has 0 bridgehead atoms. The maximum atomic E-state index is 12.4. The summed E-state index contributed by atoms with van der Waals surface area (Å²) in [5.41, 5.74) is 1.39. The number of morpholine rings is 1. The molecule has 1 unspecified atom stereocenters. The van der Waals surface area contributed by atoms with Gasteiger partial charge in [-0.15, -0.1) is 0 Å². The van der Waals surface area contributed by atoms with Crippen LogP contribution in [0.15, 0.2) is 48.5 Å². The summed E-state index contributed by atoms with van der Waals surface area (Å²) in [5, 5.41) is 3.30. The Balaban J connectivity index is 1.56. The Bertz CT molecular complexity index is 799. The van der Waals surface area contributed by atoms with E-state index in [4.69, 9.17) is 27.9 Å². The van der Waals surface area contributed by atoms with Gasteiger partial charge < -0.3 is 15.0 Å². The molecule has 0 aliphatic carbocycles. The summed E-state index contributed by atoms with van der Waals surface area (Å²) in [7, 11) is 0. The van der Waals surface area contributed by atoms with Crippen LogP contribution in [0.1, 0.15) is 22.0 Å². The third-order valence-corrected chi connectivity index (χ3v) is 4.91. The zero-order valence-corrected chi connectivity index (χ0v) is 15.5. The van der Waals surface area contributed by atoms with E-state index >= 15 is 0 Å². The van der Waals surface area contributed by atoms with Crippen molar-refractivity contribution >= 4 is 35.0 Å². The lowest BCUT2D eigenvalue weighted by Crippen LogP contribution is -2.46. The van der Waals surface area contributed by atoms with E-state index < -0.39 is 0 Å². The van der Waals surface area contributed by atoms with Crippen LogP contribution in [-0.4, -0.2) is 43.0 Å². The molecule has 2 aromatic carbocycles. The summed E-state index contributed by atoms with van der Waals surface area (Å²) >= 11 is 11.8. The molecule has 1 aliphatic heterocycles. The Morgan fingerprint density at radius 3 is 2.62 bits per heavy atom. The van der Waals surface area contributed by atoms with Crippen LogP contribution in [0.5, 0.6) is 0 Å². The number of hydrogen-bond donors (Lipinski definition) is 1. The van der Waals surface area contributed by atoms with Crippen LogP contribution >= 0.6 is 23.2 Å². The summed E-state index contributed by atoms with van der Waals surface area (Å²) in [6.07, 6.45) is -0.153. The highest BCUT2D eigenvalue weighted by Gasteiger charge is 2.25. The predicted molar refractivity (Wildman–Crippen MR) is 101 cm³/mol. The van der Waals surface area contributed by atoms with Gasteiger partial charge in [0.15, 0.2) is 0 Å². The van der Waals surface area contributed by atoms with Crippen molar-refractivity contribution in [3.8, 4) is 0 Å². The molecule has 0 saturated carbocycles. The first-order chi connectivity index (χ1) is 12.5. The molecule has 1 fully saturated rings. The van der Waals surface area contributed by atoms with Gasteiger partial charge in [-0.3, -0.25) is 9.59 Å². The van der Waals surface area contributed by atoms with Crippen molar-refractivity contribution in [2.45, 2.75) is 6.10 Å². The van der Waals surface area contributed by atoms with Crippen LogP contribution in [0.3, 0.4) is 0 Å². The number of rotatable bonds is 4. The topological polar surface area (TPSA) is 58.6 Å². The van der Waals surface area contributed by atoms with Gasteiger partial charge in [0.05, 0.1) is 29.7 Å². The quantitative estimate of drug-likeness (QED) is 0.867. The number of amides is 2. The van der Waals surface area contributed by atoms with Gasteiger partial charge >= 0.3 is 0 Å². The summed E-state index contributed by atoms with van der Waals surface area (Å²) < 4.78 is 5.76. The second kappa shape index (κ2) is 8.54. The first-order valence-electron chi connectivity index (χ1n) is 8.22. The van der Waals surface area contributed by atoms with Gasteiger partial charge in [-0.05, 0) is 23.8 Å². The molecule has 0 spiro atoms. The molecule has 1 heterocycles. The Morgan fingerprint density at radius 2 is 1.88 bits per heavy atom. The zero-order chi connectivity index (χ0) is 18.5. The smallest absolute Gasteiger partial charge is 0.251 e. The number of nitrogens with one attached hydrogen (secondary N) is 1. The summed E-state index contributed by atoms with van der Waals surface area (Å²) in [6.45, 7) is 1.35. The van der Waals surface area contributed by atoms with E-state index in [-0.39, 0.29) is 24.5 Å². The van der Waals surface area contributed by atoms with Gasteiger partial charge in [-0.25, -0.2) is 0 Å². The minimum absolute atomic E-state index is 0.0827. The molecule has 1 aliphatic rings. The van der Waals surface area contributed by atoms with Crippen molar-refractivity contribution in [3.63, 3.8) is 0 Å². The standard InChI is InChI=1S/C19H18Cl2N2O3/c20-15-7-6-14(10-16(15)21)19(25)22-11-18(24)23-8-9-26-17(12-23)13-4-2-1-3-5-13/h1-7,10,17H,8-9,11-12H2,(H,22,25). The largest absolute Gasteiger partial charge is 0.370 e. The Hall–Kier alpha value is -2.08. The predicted octanol–water partition coefficient (Wildman–Crippen LogP) is 3.32. The average molecular weight is 393 g/mol. The van der Waals surface area contributed by atoms with Gasteiger partial charge in [0, 0.05) is 12.1 Å². The molecule has 0 radical (unpaired) electrons. The molecule has 136 valence electrons. The maximum Gasteiger partial charge on any atom is 0.251 e. The molecule has 3 rings (SSSR count). The average Bonchev–Trinajstić information content (AvgIpc) is 2.68. The second-order valence-electron chi connectivity index (χ2n) is 5.92. The van der Waals surface area contributed by atoms with E-state index in [2.05, 4.69) is 5.32 Å². The fraction of sp³-hybridized carbons (Fsp3) is 0.263. The van der Waals surface area contributed by atoms with Crippen LogP contribution in [-0.2, 0) is 9.53 Å². The third kappa shape index (κ3) is 4.55. The molecule has 1 N–H and O–H groups in total. The lowest BCUT2D eigenvalue weighted by molar-refractivity contribution is -0.137. The highest BCUT2D eigenvalue weighted by molar-refractivity contribution is 6.42. The number of hydrogen-bond acceptors (Lipinski definition) is 3. The highest BCUT2D eigenvalue weighted by atomic mass is 35.5. The van der Waals surface area contributed by atoms with Gasteiger partial charge in [-0.2, -0.15) is 0 Å². The Morgan fingerprint density at radius 1 is 1.12 bits per heavy atom. The number of ether oxygens (including phenoxy) is 1. The molecule has 5 nitrogen and oxygen atoms in total. The summed E-state index contributed by atoms with van der Waals surface area (Å²) in [5.74, 6) is -0.521. The molecule has 0 aromatic heterocycles. The van der Waals surface area contributed by atoms with Crippen molar-refractivity contribution in [1.82, 2.24) is 10.2 Å². The molecule has 1 saturated heterocycles. The number of nitrogens with zero attached hydrogens (tertiary/aromatic N) is 1. The minimum Gasteiger partial charge on any atom is -0.370 e. The van der Waals surface area contributed by atoms with E-state index in [0.29, 0.717) is 35.3 Å². The minimum atomic E-state index is -0.371. The van der Waals surface area contributed by atoms with E-state index in [1.54, 1.807) is 17.0 Å². The molecule has 26 heavy (non-hydrogen) atoms. The fourth-order valence-electron chi connectivity index (χ4n) is 2.75. The molecule has 2 aromatic rings. The van der Waals surface area contributed by atoms with Crippen LogP contribution < -0.4 is 5.32 Å². The first kappa shape index (κ1) is 18.7. The lowest BCUT2D eigenvalue weighted by Gasteiger charge is -2.33. The van der Waals surface area contributed by atoms with Crippen molar-refractivity contribution in [1.29, 1.82) is 0 Å². The van der Waals surface area contributed by atoms with Crippen LogP contribution in [0.2, 0.25) is 10.0 Å². The molecular weight excluding hydrogens is 375 g/mol. The number of halogens is 2. The van der Waals surface area contributed by atoms with Crippen molar-refractivity contribution in [3.05, 3.63) is 69.7 Å². The molecule has 1 atom stereocenters. The number of benzene rings is 2. The monoisotopic (exact) mass is 392 g/mol. The van der Waals surface area contributed by atoms with Crippen molar-refractivity contribution in [2.75, 3.05) is 26.2 Å². The van der Waals surface area contributed by atoms with Gasteiger partial charge in [0.25, 0.3) is 5.91 Å². The van der Waals surface area contributed by atoms with E-state index in [9.17, 15) is 9.59 Å². The summed E-state index contributed by atoms with van der Waals surface area (Å²) in [6, 6.07) is 14.4. The van der Waals surface area contributed by atoms with Gasteiger partial charge in [0.1, 0.15) is 6.10 Å². The maximum absolute atomic E-state index is 12.4. The van der Waals surface area contributed by atoms with E-state index in [0.717, 1.165) is 5.56 Å². The van der Waals surface area contributed by atoms with Crippen LogP contribution in [0, 0.1) is 0 Å². The molecule has 2 amide bonds. The van der Waals surface area contributed by atoms with Gasteiger partial charge in [0.2, 0.25) is 5.91 Å². The first-order valence-corrected chi connectivity index (χ1v) is 8.98. The highest BCUT2D eigenvalue weighted by Crippen LogP contribution is 2.23. The Kier molecular flexibility index (Phi) is 6.14. The molecular formula is C19H18Cl2N2O3. The molecule has 7 heteroatoms. The second-order valence-corrected chi connectivity index (χ2v) is 6.74. The fourth-order valence-corrected chi connectivity index (χ4v) is 3.05. The van der Waals surface area contributed by atoms with Crippen LogP contribution in [0.4, 0.5) is 0 Å². The number of carbonyl (C=O) groups is 2. The third-order valence-electron chi connectivity index (χ3n) is 4.17. The summed E-state index contributed by atoms with van der Waals surface area (Å²) in [4.78, 5) is 26.3. The number of carbonyl (C=O) groups excluding carboxylic acids is 2. The zero-order valence-electron chi connectivity index (χ0n) is 14.0. The van der Waals surface area contributed by atoms with E-state index in [1.807, 2.05) is 30.3 Å². The van der Waals surface area contributed by atoms with Crippen molar-refractivity contribution < 1.29 is 14.3 Å².